The van der Waals surface area contributed by atoms with Gasteiger partial charge in [0.2, 0.25) is 5.24 Å². The van der Waals surface area contributed by atoms with Crippen LogP contribution in [-0.2, 0) is 14.3 Å². The minimum atomic E-state index is -2.43. The summed E-state index contributed by atoms with van der Waals surface area (Å²) in [6.45, 7) is 0.992. The lowest BCUT2D eigenvalue weighted by atomic mass is 9.93. The van der Waals surface area contributed by atoms with E-state index >= 15 is 0 Å². The highest BCUT2D eigenvalue weighted by atomic mass is 35.5. The van der Waals surface area contributed by atoms with Crippen molar-refractivity contribution in [1.82, 2.24) is 0 Å². The molecule has 0 saturated carbocycles. The average Bonchev–Trinajstić information content (AvgIpc) is 2.14. The maximum absolute atomic E-state index is 11.0. The van der Waals surface area contributed by atoms with Gasteiger partial charge in [-0.3, -0.25) is 19.7 Å². The number of aliphatic hydroxyl groups is 1. The van der Waals surface area contributed by atoms with Gasteiger partial charge in [0.1, 0.15) is 5.92 Å². The summed E-state index contributed by atoms with van der Waals surface area (Å²) >= 11 is 5.21. The van der Waals surface area contributed by atoms with Crippen LogP contribution in [0.15, 0.2) is 23.9 Å². The lowest BCUT2D eigenvalue weighted by Gasteiger charge is -2.29. The fourth-order valence-electron chi connectivity index (χ4n) is 1.36. The summed E-state index contributed by atoms with van der Waals surface area (Å²) in [5.41, 5.74) is -0.497. The first-order valence-electron chi connectivity index (χ1n) is 4.43. The van der Waals surface area contributed by atoms with Gasteiger partial charge in [-0.2, -0.15) is 0 Å². The van der Waals surface area contributed by atoms with E-state index in [9.17, 15) is 24.8 Å². The van der Waals surface area contributed by atoms with Crippen molar-refractivity contribution >= 4 is 22.8 Å². The summed E-state index contributed by atoms with van der Waals surface area (Å²) in [4.78, 5) is 31.6. The van der Waals surface area contributed by atoms with Gasteiger partial charge in [0.15, 0.2) is 0 Å². The van der Waals surface area contributed by atoms with Gasteiger partial charge >= 0.3 is 5.97 Å². The molecule has 2 unspecified atom stereocenters. The maximum atomic E-state index is 11.0. The Morgan fingerprint density at radius 3 is 2.65 bits per heavy atom. The monoisotopic (exact) mass is 261 g/mol. The van der Waals surface area contributed by atoms with Crippen LogP contribution < -0.4 is 0 Å². The van der Waals surface area contributed by atoms with E-state index in [-0.39, 0.29) is 0 Å². The molecule has 17 heavy (non-hydrogen) atoms. The Hall–Kier alpha value is -1.73. The van der Waals surface area contributed by atoms with Gasteiger partial charge in [0, 0.05) is 13.0 Å². The van der Waals surface area contributed by atoms with Gasteiger partial charge in [-0.05, 0) is 11.6 Å². The summed E-state index contributed by atoms with van der Waals surface area (Å²) in [6, 6.07) is 0. The quantitative estimate of drug-likeness (QED) is 0.258. The zero-order valence-electron chi connectivity index (χ0n) is 8.62. The molecule has 1 N–H and O–H groups in total. The first kappa shape index (κ1) is 13.3. The van der Waals surface area contributed by atoms with Crippen molar-refractivity contribution < 1.29 is 24.4 Å². The molecule has 0 heterocycles. The normalized spacial score (nSPS) is 27.2. The fraction of sp³-hybridized carbons (Fsp3) is 0.333. The molecule has 0 spiro atoms. The molecule has 0 radical (unpaired) electrons. The van der Waals surface area contributed by atoms with E-state index in [1.807, 2.05) is 0 Å². The number of allylic oxidation sites excluding steroid dienone is 1. The van der Waals surface area contributed by atoms with Gasteiger partial charge < -0.3 is 9.84 Å². The molecule has 1 aliphatic carbocycles. The van der Waals surface area contributed by atoms with Gasteiger partial charge in [-0.25, -0.2) is 0 Å². The van der Waals surface area contributed by atoms with Crippen molar-refractivity contribution in [2.45, 2.75) is 12.7 Å². The molecule has 7 nitrogen and oxygen atoms in total. The molecule has 0 amide bonds. The second-order valence-electron chi connectivity index (χ2n) is 3.31. The standard InChI is InChI=1S/C9H8ClNO6/c1-5(12)17-9(14)4-6(11(15)16)2-3-7(9)8(10)13/h2-4,7,14H,1H3. The minimum absolute atomic E-state index is 0.497. The Bertz CT molecular complexity index is 443. The molecule has 1 rings (SSSR count). The predicted octanol–water partition coefficient (Wildman–Crippen LogP) is 0.350. The molecule has 0 aromatic carbocycles. The van der Waals surface area contributed by atoms with Crippen LogP contribution in [0.4, 0.5) is 0 Å². The van der Waals surface area contributed by atoms with Gasteiger partial charge in [-0.15, -0.1) is 0 Å². The molecule has 1 aliphatic rings. The molecular formula is C9H8ClNO6. The van der Waals surface area contributed by atoms with Crippen molar-refractivity contribution in [1.29, 1.82) is 0 Å². The highest BCUT2D eigenvalue weighted by molar-refractivity contribution is 6.64. The number of nitro groups is 1. The maximum Gasteiger partial charge on any atom is 0.305 e. The van der Waals surface area contributed by atoms with Gasteiger partial charge in [0.25, 0.3) is 11.5 Å². The number of carbonyl (C=O) groups is 2. The van der Waals surface area contributed by atoms with E-state index in [1.54, 1.807) is 0 Å². The second-order valence-corrected chi connectivity index (χ2v) is 3.69. The second kappa shape index (κ2) is 4.64. The number of hydrogen-bond acceptors (Lipinski definition) is 6. The van der Waals surface area contributed by atoms with Gasteiger partial charge in [0.05, 0.1) is 11.0 Å². The predicted molar refractivity (Wildman–Crippen MR) is 55.3 cm³/mol. The number of halogens is 1. The largest absolute Gasteiger partial charge is 0.428 e. The van der Waals surface area contributed by atoms with Crippen LogP contribution in [0.5, 0.6) is 0 Å². The molecule has 0 aromatic heterocycles. The van der Waals surface area contributed by atoms with Crippen LogP contribution in [0.2, 0.25) is 0 Å². The summed E-state index contributed by atoms with van der Waals surface area (Å²) in [7, 11) is 0. The molecule has 92 valence electrons. The van der Waals surface area contributed by atoms with Crippen LogP contribution in [0.25, 0.3) is 0 Å². The molecule has 8 heteroatoms. The molecule has 0 bridgehead atoms. The third-order valence-electron chi connectivity index (χ3n) is 2.02. The Morgan fingerprint density at radius 1 is 1.65 bits per heavy atom. The summed E-state index contributed by atoms with van der Waals surface area (Å²) in [6.07, 6.45) is 2.68. The lowest BCUT2D eigenvalue weighted by molar-refractivity contribution is -0.421. The van der Waals surface area contributed by atoms with E-state index in [0.717, 1.165) is 19.1 Å². The number of hydrogen-bond donors (Lipinski definition) is 1. The van der Waals surface area contributed by atoms with E-state index in [1.165, 1.54) is 0 Å². The zero-order chi connectivity index (χ0) is 13.2. The fourth-order valence-corrected chi connectivity index (χ4v) is 1.59. The first-order chi connectivity index (χ1) is 7.76. The van der Waals surface area contributed by atoms with Crippen LogP contribution in [0, 0.1) is 16.0 Å². The number of ether oxygens (including phenoxy) is 1. The van der Waals surface area contributed by atoms with Crippen molar-refractivity contribution in [3.63, 3.8) is 0 Å². The molecule has 2 atom stereocenters. The summed E-state index contributed by atoms with van der Waals surface area (Å²) in [5.74, 6) is -4.71. The Morgan fingerprint density at radius 2 is 2.24 bits per heavy atom. The Kier molecular flexibility index (Phi) is 3.64. The topological polar surface area (TPSA) is 107 Å². The molecule has 0 fully saturated rings. The van der Waals surface area contributed by atoms with Crippen molar-refractivity contribution in [2.75, 3.05) is 0 Å². The van der Waals surface area contributed by atoms with Crippen LogP contribution in [0.3, 0.4) is 0 Å². The number of rotatable bonds is 3. The van der Waals surface area contributed by atoms with Crippen molar-refractivity contribution in [3.8, 4) is 0 Å². The highest BCUT2D eigenvalue weighted by Crippen LogP contribution is 2.30. The minimum Gasteiger partial charge on any atom is -0.428 e. The third kappa shape index (κ3) is 2.89. The van der Waals surface area contributed by atoms with E-state index in [4.69, 9.17) is 11.6 Å². The lowest BCUT2D eigenvalue weighted by Crippen LogP contribution is -2.44. The van der Waals surface area contributed by atoms with Crippen molar-refractivity contribution in [3.05, 3.63) is 34.0 Å². The third-order valence-corrected chi connectivity index (χ3v) is 2.26. The summed E-state index contributed by atoms with van der Waals surface area (Å²) < 4.78 is 4.51. The zero-order valence-corrected chi connectivity index (χ0v) is 9.38. The van der Waals surface area contributed by atoms with Crippen LogP contribution >= 0.6 is 11.6 Å². The Labute approximate surface area is 100 Å². The van der Waals surface area contributed by atoms with E-state index in [2.05, 4.69) is 4.74 Å². The van der Waals surface area contributed by atoms with Gasteiger partial charge in [-0.1, -0.05) is 6.08 Å². The number of esters is 1. The smallest absolute Gasteiger partial charge is 0.305 e. The molecule has 0 saturated heterocycles. The Balaban J connectivity index is 3.16. The average molecular weight is 262 g/mol. The molecule has 0 aromatic rings. The van der Waals surface area contributed by atoms with Crippen molar-refractivity contribution in [2.24, 2.45) is 5.92 Å². The van der Waals surface area contributed by atoms with E-state index in [0.29, 0.717) is 6.08 Å². The van der Waals surface area contributed by atoms with Crippen LogP contribution in [0.1, 0.15) is 6.92 Å². The number of nitrogens with zero attached hydrogens (tertiary/aromatic N) is 1. The summed E-state index contributed by atoms with van der Waals surface area (Å²) in [5, 5.41) is 19.4. The first-order valence-corrected chi connectivity index (χ1v) is 4.81. The highest BCUT2D eigenvalue weighted by Gasteiger charge is 2.45. The molecular weight excluding hydrogens is 254 g/mol. The van der Waals surface area contributed by atoms with Crippen LogP contribution in [-0.4, -0.2) is 27.0 Å². The van der Waals surface area contributed by atoms with E-state index < -0.39 is 33.5 Å². The molecule has 0 aliphatic heterocycles. The number of carbonyl (C=O) groups excluding carboxylic acids is 2. The SMILES string of the molecule is CC(=O)OC1(O)C=C([N+](=O)[O-])C=CC1C(=O)Cl.